The molecule has 0 aromatic heterocycles. The lowest BCUT2D eigenvalue weighted by Crippen LogP contribution is -2.35. The van der Waals surface area contributed by atoms with E-state index in [1.54, 1.807) is 25.2 Å². The molecule has 27 heavy (non-hydrogen) atoms. The lowest BCUT2D eigenvalue weighted by Gasteiger charge is -2.18. The highest BCUT2D eigenvalue weighted by Gasteiger charge is 2.17. The van der Waals surface area contributed by atoms with E-state index in [-0.39, 0.29) is 18.4 Å². The zero-order valence-electron chi connectivity index (χ0n) is 16.2. The third kappa shape index (κ3) is 5.23. The molecule has 0 saturated carbocycles. The molecule has 0 bridgehead atoms. The molecule has 1 N–H and O–H groups in total. The van der Waals surface area contributed by atoms with Crippen LogP contribution in [0, 0.1) is 0 Å². The van der Waals surface area contributed by atoms with Crippen LogP contribution >= 0.6 is 0 Å². The van der Waals surface area contributed by atoms with Gasteiger partial charge in [-0.05, 0) is 43.2 Å². The van der Waals surface area contributed by atoms with Gasteiger partial charge in [0.2, 0.25) is 5.91 Å². The number of nitrogens with one attached hydrogen (secondary N) is 1. The zero-order valence-corrected chi connectivity index (χ0v) is 16.2. The highest BCUT2D eigenvalue weighted by Crippen LogP contribution is 2.28. The fraction of sp³-hybridized carbons (Fsp3) is 0.333. The number of amides is 2. The van der Waals surface area contributed by atoms with Crippen LogP contribution in [0.25, 0.3) is 0 Å². The van der Waals surface area contributed by atoms with E-state index < -0.39 is 0 Å². The first-order chi connectivity index (χ1) is 13.0. The zero-order chi connectivity index (χ0) is 19.8. The van der Waals surface area contributed by atoms with Gasteiger partial charge in [-0.25, -0.2) is 0 Å². The van der Waals surface area contributed by atoms with Crippen molar-refractivity contribution in [1.29, 1.82) is 0 Å². The van der Waals surface area contributed by atoms with Gasteiger partial charge < -0.3 is 19.7 Å². The van der Waals surface area contributed by atoms with Crippen molar-refractivity contribution in [2.75, 3.05) is 32.6 Å². The van der Waals surface area contributed by atoms with Crippen LogP contribution in [0.1, 0.15) is 29.8 Å². The van der Waals surface area contributed by atoms with Crippen LogP contribution in [0.4, 0.5) is 5.69 Å². The summed E-state index contributed by atoms with van der Waals surface area (Å²) in [4.78, 5) is 26.4. The van der Waals surface area contributed by atoms with Crippen LogP contribution in [0.5, 0.6) is 11.5 Å². The van der Waals surface area contributed by atoms with Gasteiger partial charge in [0.05, 0.1) is 20.3 Å². The third-order valence-corrected chi connectivity index (χ3v) is 4.11. The number of methoxy groups -OCH3 is 1. The third-order valence-electron chi connectivity index (χ3n) is 4.11. The molecule has 0 aliphatic rings. The van der Waals surface area contributed by atoms with Gasteiger partial charge in [0, 0.05) is 18.3 Å². The standard InChI is InChI=1S/C21H26N2O4/c1-5-15-9-7-8-10-17(15)22-20(24)14-23(3)21(25)16-11-12-18(27-6-2)19(13-16)26-4/h7-13H,5-6,14H2,1-4H3,(H,22,24). The summed E-state index contributed by atoms with van der Waals surface area (Å²) >= 11 is 0. The number of likely N-dealkylation sites (N-methyl/N-ethyl adjacent to an activating group) is 1. The van der Waals surface area contributed by atoms with Gasteiger partial charge >= 0.3 is 0 Å². The van der Waals surface area contributed by atoms with Crippen molar-refractivity contribution in [3.63, 3.8) is 0 Å². The van der Waals surface area contributed by atoms with E-state index in [2.05, 4.69) is 5.32 Å². The van der Waals surface area contributed by atoms with Crippen molar-refractivity contribution in [3.8, 4) is 11.5 Å². The molecule has 2 amide bonds. The summed E-state index contributed by atoms with van der Waals surface area (Å²) in [5.74, 6) is 0.547. The molecule has 2 aromatic carbocycles. The number of ether oxygens (including phenoxy) is 2. The molecule has 0 heterocycles. The number of anilines is 1. The number of hydrogen-bond donors (Lipinski definition) is 1. The first-order valence-electron chi connectivity index (χ1n) is 8.94. The van der Waals surface area contributed by atoms with Crippen LogP contribution < -0.4 is 14.8 Å². The number of nitrogens with zero attached hydrogens (tertiary/aromatic N) is 1. The predicted octanol–water partition coefficient (Wildman–Crippen LogP) is 3.37. The molecular formula is C21H26N2O4. The van der Waals surface area contributed by atoms with E-state index in [0.29, 0.717) is 23.7 Å². The normalized spacial score (nSPS) is 10.2. The van der Waals surface area contributed by atoms with E-state index in [9.17, 15) is 9.59 Å². The number of carbonyl (C=O) groups excluding carboxylic acids is 2. The van der Waals surface area contributed by atoms with Gasteiger partial charge in [-0.3, -0.25) is 9.59 Å². The van der Waals surface area contributed by atoms with E-state index in [1.807, 2.05) is 38.1 Å². The van der Waals surface area contributed by atoms with Crippen molar-refractivity contribution in [3.05, 3.63) is 53.6 Å². The van der Waals surface area contributed by atoms with Crippen LogP contribution in [-0.2, 0) is 11.2 Å². The Morgan fingerprint density at radius 2 is 1.81 bits per heavy atom. The number of para-hydroxylation sites is 1. The molecule has 0 atom stereocenters. The highest BCUT2D eigenvalue weighted by atomic mass is 16.5. The van der Waals surface area contributed by atoms with Gasteiger partial charge in [-0.1, -0.05) is 25.1 Å². The van der Waals surface area contributed by atoms with Gasteiger partial charge in [0.15, 0.2) is 11.5 Å². The Kier molecular flexibility index (Phi) is 7.23. The minimum absolute atomic E-state index is 0.0492. The maximum Gasteiger partial charge on any atom is 0.254 e. The van der Waals surface area contributed by atoms with Crippen molar-refractivity contribution in [2.24, 2.45) is 0 Å². The van der Waals surface area contributed by atoms with Crippen LogP contribution in [0.15, 0.2) is 42.5 Å². The van der Waals surface area contributed by atoms with Crippen molar-refractivity contribution in [2.45, 2.75) is 20.3 Å². The van der Waals surface area contributed by atoms with Gasteiger partial charge in [-0.15, -0.1) is 0 Å². The lowest BCUT2D eigenvalue weighted by atomic mass is 10.1. The van der Waals surface area contributed by atoms with E-state index in [0.717, 1.165) is 17.7 Å². The predicted molar refractivity (Wildman–Crippen MR) is 106 cm³/mol. The van der Waals surface area contributed by atoms with Crippen LogP contribution in [0.2, 0.25) is 0 Å². The number of hydrogen-bond acceptors (Lipinski definition) is 4. The maximum atomic E-state index is 12.6. The van der Waals surface area contributed by atoms with E-state index in [1.165, 1.54) is 12.0 Å². The average Bonchev–Trinajstić information content (AvgIpc) is 2.68. The van der Waals surface area contributed by atoms with Gasteiger partial charge in [0.25, 0.3) is 5.91 Å². The monoisotopic (exact) mass is 370 g/mol. The molecule has 2 aromatic rings. The molecule has 6 nitrogen and oxygen atoms in total. The van der Waals surface area contributed by atoms with Crippen molar-refractivity contribution >= 4 is 17.5 Å². The summed E-state index contributed by atoms with van der Waals surface area (Å²) in [7, 11) is 3.12. The Labute approximate surface area is 160 Å². The quantitative estimate of drug-likeness (QED) is 0.774. The lowest BCUT2D eigenvalue weighted by molar-refractivity contribution is -0.116. The number of rotatable bonds is 8. The molecule has 0 unspecified atom stereocenters. The summed E-state index contributed by atoms with van der Waals surface area (Å²) in [5.41, 5.74) is 2.25. The minimum Gasteiger partial charge on any atom is -0.493 e. The number of carbonyl (C=O) groups is 2. The van der Waals surface area contributed by atoms with Crippen molar-refractivity contribution < 1.29 is 19.1 Å². The second kappa shape index (κ2) is 9.62. The molecule has 0 spiro atoms. The Morgan fingerprint density at radius 1 is 1.07 bits per heavy atom. The largest absolute Gasteiger partial charge is 0.493 e. The minimum atomic E-state index is -0.268. The molecule has 0 fully saturated rings. The number of benzene rings is 2. The second-order valence-electron chi connectivity index (χ2n) is 6.02. The number of aryl methyl sites for hydroxylation is 1. The van der Waals surface area contributed by atoms with Crippen LogP contribution in [0.3, 0.4) is 0 Å². The van der Waals surface area contributed by atoms with Crippen molar-refractivity contribution in [1.82, 2.24) is 4.90 Å². The van der Waals surface area contributed by atoms with Gasteiger partial charge in [0.1, 0.15) is 0 Å². The Bertz CT molecular complexity index is 805. The summed E-state index contributed by atoms with van der Waals surface area (Å²) < 4.78 is 10.7. The fourth-order valence-electron chi connectivity index (χ4n) is 2.72. The molecule has 0 aliphatic heterocycles. The Hall–Kier alpha value is -3.02. The maximum absolute atomic E-state index is 12.6. The topological polar surface area (TPSA) is 67.9 Å². The summed E-state index contributed by atoms with van der Waals surface area (Å²) in [5, 5.41) is 2.87. The molecule has 2 rings (SSSR count). The second-order valence-corrected chi connectivity index (χ2v) is 6.02. The van der Waals surface area contributed by atoms with E-state index >= 15 is 0 Å². The highest BCUT2D eigenvalue weighted by molar-refractivity contribution is 5.99. The molecule has 6 heteroatoms. The van der Waals surface area contributed by atoms with Gasteiger partial charge in [-0.2, -0.15) is 0 Å². The molecule has 0 radical (unpaired) electrons. The smallest absolute Gasteiger partial charge is 0.254 e. The summed E-state index contributed by atoms with van der Waals surface area (Å²) in [6, 6.07) is 12.6. The van der Waals surface area contributed by atoms with Crippen LogP contribution in [-0.4, -0.2) is 44.0 Å². The first kappa shape index (κ1) is 20.3. The summed E-state index contributed by atoms with van der Waals surface area (Å²) in [6.45, 7) is 4.36. The fourth-order valence-corrected chi connectivity index (χ4v) is 2.72. The van der Waals surface area contributed by atoms with E-state index in [4.69, 9.17) is 9.47 Å². The average molecular weight is 370 g/mol. The molecule has 0 aliphatic carbocycles. The molecule has 144 valence electrons. The SMILES string of the molecule is CCOc1ccc(C(=O)N(C)CC(=O)Nc2ccccc2CC)cc1OC. The summed E-state index contributed by atoms with van der Waals surface area (Å²) in [6.07, 6.45) is 0.817. The Morgan fingerprint density at radius 3 is 2.48 bits per heavy atom. The Balaban J connectivity index is 2.05. The first-order valence-corrected chi connectivity index (χ1v) is 8.94. The molecular weight excluding hydrogens is 344 g/mol. The molecule has 0 saturated heterocycles.